The third-order valence-corrected chi connectivity index (χ3v) is 2.40. The topological polar surface area (TPSA) is 44.0 Å². The van der Waals surface area contributed by atoms with E-state index in [9.17, 15) is 26.3 Å². The molecule has 0 fully saturated rings. The van der Waals surface area contributed by atoms with Gasteiger partial charge in [0, 0.05) is 12.1 Å². The molecule has 1 radical (unpaired) electrons. The van der Waals surface area contributed by atoms with Crippen molar-refractivity contribution >= 4 is 0 Å². The van der Waals surface area contributed by atoms with Crippen molar-refractivity contribution in [2.75, 3.05) is 0 Å². The van der Waals surface area contributed by atoms with E-state index < -0.39 is 23.5 Å². The summed E-state index contributed by atoms with van der Waals surface area (Å²) in [7, 11) is 0. The maximum atomic E-state index is 12.5. The van der Waals surface area contributed by atoms with E-state index in [1.807, 2.05) is 0 Å². The van der Waals surface area contributed by atoms with Crippen molar-refractivity contribution in [1.29, 1.82) is 0 Å². The summed E-state index contributed by atoms with van der Waals surface area (Å²) in [5.41, 5.74) is 0.928. The predicted molar refractivity (Wildman–Crippen MR) is 49.2 cm³/mol. The van der Waals surface area contributed by atoms with Gasteiger partial charge >= 0.3 is 12.4 Å². The summed E-state index contributed by atoms with van der Waals surface area (Å²) in [6.07, 6.45) is -11.8. The van der Waals surface area contributed by atoms with E-state index in [0.29, 0.717) is 12.1 Å². The minimum Gasteiger partial charge on any atom is -0.369 e. The first-order valence-electron chi connectivity index (χ1n) is 4.64. The van der Waals surface area contributed by atoms with Crippen molar-refractivity contribution in [3.63, 3.8) is 0 Å². The maximum absolute atomic E-state index is 12.5. The molecule has 0 aliphatic rings. The summed E-state index contributed by atoms with van der Waals surface area (Å²) >= 11 is 0. The first-order chi connectivity index (χ1) is 8.04. The van der Waals surface area contributed by atoms with Gasteiger partial charge in [0.05, 0.1) is 0 Å². The zero-order chi connectivity index (χ0) is 14.2. The van der Waals surface area contributed by atoms with E-state index in [1.54, 1.807) is 0 Å². The van der Waals surface area contributed by atoms with Gasteiger partial charge in [0.2, 0.25) is 0 Å². The largest absolute Gasteiger partial charge is 0.430 e. The molecule has 0 amide bonds. The highest BCUT2D eigenvalue weighted by Gasteiger charge is 2.71. The van der Waals surface area contributed by atoms with Crippen molar-refractivity contribution in [2.24, 2.45) is 0 Å². The summed E-state index contributed by atoms with van der Waals surface area (Å²) in [5.74, 6) is 0. The third kappa shape index (κ3) is 2.30. The number of nitrogens with one attached hydrogen (secondary N) is 1. The molecule has 0 unspecified atom stereocenters. The molecule has 0 heterocycles. The monoisotopic (exact) mass is 272 g/mol. The number of benzene rings is 1. The summed E-state index contributed by atoms with van der Waals surface area (Å²) in [5, 5.41) is 9.02. The lowest BCUT2D eigenvalue weighted by atomic mass is 9.91. The molecule has 1 rings (SSSR count). The van der Waals surface area contributed by atoms with Gasteiger partial charge in [-0.1, -0.05) is 24.3 Å². The Labute approximate surface area is 98.0 Å². The quantitative estimate of drug-likeness (QED) is 0.826. The van der Waals surface area contributed by atoms with Crippen LogP contribution in [0.1, 0.15) is 11.1 Å². The fourth-order valence-electron chi connectivity index (χ4n) is 1.35. The minimum absolute atomic E-state index is 0.241. The number of halogens is 6. The highest BCUT2D eigenvalue weighted by atomic mass is 19.4. The second-order valence-corrected chi connectivity index (χ2v) is 3.58. The molecule has 0 spiro atoms. The number of aliphatic hydroxyl groups is 1. The molecule has 0 saturated heterocycles. The fraction of sp³-hybridized carbons (Fsp3) is 0.400. The lowest BCUT2D eigenvalue weighted by Gasteiger charge is -2.32. The lowest BCUT2D eigenvalue weighted by molar-refractivity contribution is -0.376. The molecule has 0 aliphatic heterocycles. The van der Waals surface area contributed by atoms with Gasteiger partial charge in [-0.05, 0) is 5.56 Å². The Balaban J connectivity index is 3.36. The van der Waals surface area contributed by atoms with E-state index in [2.05, 4.69) is 0 Å². The van der Waals surface area contributed by atoms with Gasteiger partial charge in [-0.25, -0.2) is 0 Å². The Bertz CT molecular complexity index is 394. The highest BCUT2D eigenvalue weighted by Crippen LogP contribution is 2.49. The van der Waals surface area contributed by atoms with E-state index in [-0.39, 0.29) is 12.1 Å². The van der Waals surface area contributed by atoms with Crippen LogP contribution in [-0.4, -0.2) is 17.5 Å². The molecule has 101 valence electrons. The molecule has 0 aliphatic carbocycles. The Hall–Kier alpha value is -1.28. The smallest absolute Gasteiger partial charge is 0.369 e. The minimum atomic E-state index is -5.88. The maximum Gasteiger partial charge on any atom is 0.430 e. The standard InChI is InChI=1S/C10H8F6NO/c11-9(12,13)8(18,10(14,15)16)7-3-1-6(5-17)2-4-7/h1-4,17-18H,5H2. The van der Waals surface area contributed by atoms with Crippen molar-refractivity contribution in [2.45, 2.75) is 24.5 Å². The molecule has 18 heavy (non-hydrogen) atoms. The Morgan fingerprint density at radius 2 is 1.28 bits per heavy atom. The Morgan fingerprint density at radius 3 is 1.56 bits per heavy atom. The zero-order valence-corrected chi connectivity index (χ0v) is 8.73. The molecular formula is C10H8F6NO. The van der Waals surface area contributed by atoms with E-state index >= 15 is 0 Å². The number of hydrogen-bond donors (Lipinski definition) is 1. The second-order valence-electron chi connectivity index (χ2n) is 3.58. The Kier molecular flexibility index (Phi) is 3.64. The van der Waals surface area contributed by atoms with Crippen LogP contribution in [-0.2, 0) is 12.1 Å². The van der Waals surface area contributed by atoms with Crippen LogP contribution >= 0.6 is 0 Å². The van der Waals surface area contributed by atoms with Gasteiger partial charge in [-0.15, -0.1) is 0 Å². The van der Waals surface area contributed by atoms with Crippen LogP contribution in [0.3, 0.4) is 0 Å². The van der Waals surface area contributed by atoms with Crippen LogP contribution in [0.2, 0.25) is 0 Å². The molecule has 8 heteroatoms. The molecule has 1 aromatic carbocycles. The van der Waals surface area contributed by atoms with Crippen molar-refractivity contribution < 1.29 is 31.4 Å². The van der Waals surface area contributed by atoms with Crippen LogP contribution in [0.4, 0.5) is 26.3 Å². The molecular weight excluding hydrogens is 264 g/mol. The summed E-state index contributed by atoms with van der Waals surface area (Å²) in [6, 6.07) is 2.91. The molecule has 1 aromatic rings. The molecule has 2 nitrogen and oxygen atoms in total. The number of rotatable bonds is 2. The van der Waals surface area contributed by atoms with E-state index in [1.165, 1.54) is 0 Å². The van der Waals surface area contributed by atoms with Gasteiger partial charge in [-0.2, -0.15) is 26.3 Å². The second kappa shape index (κ2) is 4.43. The van der Waals surface area contributed by atoms with Gasteiger partial charge in [0.25, 0.3) is 5.60 Å². The van der Waals surface area contributed by atoms with Crippen LogP contribution in [0, 0.1) is 0 Å². The molecule has 2 N–H and O–H groups in total. The Morgan fingerprint density at radius 1 is 0.889 bits per heavy atom. The van der Waals surface area contributed by atoms with Gasteiger partial charge in [-0.3, -0.25) is 5.73 Å². The molecule has 0 saturated carbocycles. The van der Waals surface area contributed by atoms with Crippen molar-refractivity contribution in [1.82, 2.24) is 5.73 Å². The number of hydrogen-bond acceptors (Lipinski definition) is 1. The van der Waals surface area contributed by atoms with Gasteiger partial charge in [0.15, 0.2) is 0 Å². The molecule has 0 atom stereocenters. The summed E-state index contributed by atoms with van der Waals surface area (Å²) < 4.78 is 74.8. The van der Waals surface area contributed by atoms with Gasteiger partial charge < -0.3 is 5.11 Å². The first-order valence-corrected chi connectivity index (χ1v) is 4.64. The van der Waals surface area contributed by atoms with Crippen molar-refractivity contribution in [3.05, 3.63) is 35.4 Å². The SMILES string of the molecule is [NH]Cc1ccc(C(O)(C(F)(F)F)C(F)(F)F)cc1. The highest BCUT2D eigenvalue weighted by molar-refractivity contribution is 5.30. The molecule has 0 aromatic heterocycles. The first kappa shape index (κ1) is 14.8. The average molecular weight is 272 g/mol. The van der Waals surface area contributed by atoms with Crippen LogP contribution in [0.25, 0.3) is 0 Å². The van der Waals surface area contributed by atoms with Crippen LogP contribution in [0.15, 0.2) is 24.3 Å². The normalized spacial score (nSPS) is 13.8. The van der Waals surface area contributed by atoms with Gasteiger partial charge in [0.1, 0.15) is 0 Å². The lowest BCUT2D eigenvalue weighted by Crippen LogP contribution is -2.53. The fourth-order valence-corrected chi connectivity index (χ4v) is 1.35. The zero-order valence-electron chi connectivity index (χ0n) is 8.73. The van der Waals surface area contributed by atoms with Crippen LogP contribution in [0.5, 0.6) is 0 Å². The average Bonchev–Trinajstić information content (AvgIpc) is 2.25. The molecule has 0 bridgehead atoms. The summed E-state index contributed by atoms with van der Waals surface area (Å²) in [6.45, 7) is -0.281. The summed E-state index contributed by atoms with van der Waals surface area (Å²) in [4.78, 5) is 0. The predicted octanol–water partition coefficient (Wildman–Crippen LogP) is 2.78. The van der Waals surface area contributed by atoms with E-state index in [4.69, 9.17) is 10.8 Å². The van der Waals surface area contributed by atoms with Crippen molar-refractivity contribution in [3.8, 4) is 0 Å². The number of alkyl halides is 6. The van der Waals surface area contributed by atoms with Crippen LogP contribution < -0.4 is 5.73 Å². The van der Waals surface area contributed by atoms with E-state index in [0.717, 1.165) is 12.1 Å². The third-order valence-electron chi connectivity index (χ3n) is 2.40.